The standard InChI is InChI=1S/C27H24N4O8S/c1-15(18-7-3-5-9-20(18)39-26(34)16-11-13-17(14-12-16)31(36)37)29-30-24(33)23(32)28-25-22(27(35)38-2)19-8-4-6-10-21(19)40-25/h3,5,7,9,11-14H,4,6,8,10H2,1-2H3,(H,28,32)(H,30,33). The van der Waals surface area contributed by atoms with E-state index in [4.69, 9.17) is 9.47 Å². The van der Waals surface area contributed by atoms with Crippen LogP contribution in [0.15, 0.2) is 53.6 Å². The maximum Gasteiger partial charge on any atom is 0.343 e. The lowest BCUT2D eigenvalue weighted by molar-refractivity contribution is -0.384. The minimum absolute atomic E-state index is 0.0987. The third-order valence-corrected chi connectivity index (χ3v) is 7.32. The predicted octanol–water partition coefficient (Wildman–Crippen LogP) is 4.02. The highest BCUT2D eigenvalue weighted by Crippen LogP contribution is 2.38. The van der Waals surface area contributed by atoms with E-state index in [1.54, 1.807) is 25.1 Å². The molecule has 1 aliphatic carbocycles. The molecule has 0 unspecified atom stereocenters. The quantitative estimate of drug-likeness (QED) is 0.108. The van der Waals surface area contributed by atoms with Crippen molar-refractivity contribution in [3.63, 3.8) is 0 Å². The second-order valence-corrected chi connectivity index (χ2v) is 9.79. The second kappa shape index (κ2) is 12.3. The predicted molar refractivity (Wildman–Crippen MR) is 146 cm³/mol. The monoisotopic (exact) mass is 564 g/mol. The molecule has 1 heterocycles. The van der Waals surface area contributed by atoms with Gasteiger partial charge in [0.25, 0.3) is 5.69 Å². The van der Waals surface area contributed by atoms with Crippen molar-refractivity contribution >= 4 is 51.5 Å². The molecule has 0 fully saturated rings. The van der Waals surface area contributed by atoms with Gasteiger partial charge in [0.2, 0.25) is 0 Å². The van der Waals surface area contributed by atoms with Crippen LogP contribution in [0.2, 0.25) is 0 Å². The van der Waals surface area contributed by atoms with Crippen LogP contribution >= 0.6 is 11.3 Å². The Balaban J connectivity index is 1.45. The molecule has 1 aromatic heterocycles. The van der Waals surface area contributed by atoms with Crippen LogP contribution in [-0.4, -0.2) is 41.5 Å². The Morgan fingerprint density at radius 1 is 0.975 bits per heavy atom. The molecule has 4 rings (SSSR count). The highest BCUT2D eigenvalue weighted by molar-refractivity contribution is 7.17. The van der Waals surface area contributed by atoms with Gasteiger partial charge in [-0.3, -0.25) is 19.7 Å². The number of non-ortho nitro benzene ring substituents is 1. The molecule has 0 saturated carbocycles. The topological polar surface area (TPSA) is 166 Å². The average molecular weight is 565 g/mol. The minimum atomic E-state index is -1.07. The lowest BCUT2D eigenvalue weighted by atomic mass is 9.95. The van der Waals surface area contributed by atoms with Crippen LogP contribution in [-0.2, 0) is 27.2 Å². The van der Waals surface area contributed by atoms with Crippen LogP contribution in [0.4, 0.5) is 10.7 Å². The number of hydrogen-bond donors (Lipinski definition) is 2. The van der Waals surface area contributed by atoms with Crippen molar-refractivity contribution in [2.24, 2.45) is 5.10 Å². The number of ether oxygens (including phenoxy) is 2. The Kier molecular flexibility index (Phi) is 8.64. The van der Waals surface area contributed by atoms with Crippen LogP contribution < -0.4 is 15.5 Å². The molecular weight excluding hydrogens is 540 g/mol. The van der Waals surface area contributed by atoms with E-state index in [0.717, 1.165) is 29.7 Å². The highest BCUT2D eigenvalue weighted by Gasteiger charge is 2.28. The summed E-state index contributed by atoms with van der Waals surface area (Å²) >= 11 is 1.25. The number of hydrogen-bond acceptors (Lipinski definition) is 10. The maximum absolute atomic E-state index is 12.6. The fourth-order valence-corrected chi connectivity index (χ4v) is 5.38. The fourth-order valence-electron chi connectivity index (χ4n) is 4.11. The summed E-state index contributed by atoms with van der Waals surface area (Å²) in [5.41, 5.74) is 3.81. The molecule has 40 heavy (non-hydrogen) atoms. The number of aryl methyl sites for hydroxylation is 1. The van der Waals surface area contributed by atoms with Crippen LogP contribution in [0.25, 0.3) is 0 Å². The molecule has 13 heteroatoms. The first-order valence-electron chi connectivity index (χ1n) is 12.1. The summed E-state index contributed by atoms with van der Waals surface area (Å²) < 4.78 is 10.3. The smallest absolute Gasteiger partial charge is 0.343 e. The molecule has 0 radical (unpaired) electrons. The molecule has 0 saturated heterocycles. The van der Waals surface area contributed by atoms with Crippen LogP contribution in [0.1, 0.15) is 56.5 Å². The molecule has 206 valence electrons. The molecule has 1 aliphatic rings. The van der Waals surface area contributed by atoms with E-state index in [-0.39, 0.29) is 33.3 Å². The minimum Gasteiger partial charge on any atom is -0.465 e. The number of hydrazone groups is 1. The van der Waals surface area contributed by atoms with Gasteiger partial charge >= 0.3 is 23.8 Å². The zero-order valence-electron chi connectivity index (χ0n) is 21.5. The zero-order chi connectivity index (χ0) is 28.8. The largest absolute Gasteiger partial charge is 0.465 e. The SMILES string of the molecule is COC(=O)c1c(NC(=O)C(=O)NN=C(C)c2ccccc2OC(=O)c2ccc([N+](=O)[O-])cc2)sc2c1CCCC2. The Bertz CT molecular complexity index is 1530. The fraction of sp³-hybridized carbons (Fsp3) is 0.222. The van der Waals surface area contributed by atoms with Gasteiger partial charge < -0.3 is 14.8 Å². The van der Waals surface area contributed by atoms with Gasteiger partial charge in [-0.1, -0.05) is 12.1 Å². The Labute approximate surface area is 232 Å². The number of carbonyl (C=O) groups is 4. The Morgan fingerprint density at radius 2 is 1.68 bits per heavy atom. The first-order valence-corrected chi connectivity index (χ1v) is 13.0. The maximum atomic E-state index is 12.6. The third kappa shape index (κ3) is 6.21. The summed E-state index contributed by atoms with van der Waals surface area (Å²) in [5.74, 6) is -3.29. The van der Waals surface area contributed by atoms with E-state index in [1.165, 1.54) is 48.8 Å². The highest BCUT2D eigenvalue weighted by atomic mass is 32.1. The molecular formula is C27H24N4O8S. The first-order chi connectivity index (χ1) is 19.2. The number of para-hydroxylation sites is 1. The third-order valence-electron chi connectivity index (χ3n) is 6.11. The zero-order valence-corrected chi connectivity index (χ0v) is 22.3. The molecule has 0 spiro atoms. The number of thiophene rings is 1. The van der Waals surface area contributed by atoms with Gasteiger partial charge in [0.1, 0.15) is 10.8 Å². The van der Waals surface area contributed by atoms with E-state index >= 15 is 0 Å². The number of nitrogens with zero attached hydrogens (tertiary/aromatic N) is 2. The van der Waals surface area contributed by atoms with Crippen molar-refractivity contribution in [2.45, 2.75) is 32.6 Å². The normalized spacial score (nSPS) is 12.6. The van der Waals surface area contributed by atoms with Crippen LogP contribution in [0.5, 0.6) is 5.75 Å². The number of nitro benzene ring substituents is 1. The summed E-state index contributed by atoms with van der Waals surface area (Å²) in [7, 11) is 1.26. The van der Waals surface area contributed by atoms with Gasteiger partial charge in [-0.15, -0.1) is 11.3 Å². The number of rotatable bonds is 7. The van der Waals surface area contributed by atoms with Crippen molar-refractivity contribution in [1.82, 2.24) is 5.43 Å². The van der Waals surface area contributed by atoms with E-state index in [1.807, 2.05) is 0 Å². The van der Waals surface area contributed by atoms with Crippen molar-refractivity contribution in [1.29, 1.82) is 0 Å². The molecule has 12 nitrogen and oxygen atoms in total. The molecule has 2 amide bonds. The van der Waals surface area contributed by atoms with Crippen molar-refractivity contribution in [3.05, 3.63) is 85.8 Å². The van der Waals surface area contributed by atoms with Gasteiger partial charge in [0, 0.05) is 22.6 Å². The molecule has 0 aliphatic heterocycles. The summed E-state index contributed by atoms with van der Waals surface area (Å²) in [5, 5.41) is 17.6. The van der Waals surface area contributed by atoms with Crippen LogP contribution in [0.3, 0.4) is 0 Å². The van der Waals surface area contributed by atoms with E-state index in [0.29, 0.717) is 12.0 Å². The summed E-state index contributed by atoms with van der Waals surface area (Å²) in [6, 6.07) is 11.3. The molecule has 3 aromatic rings. The Morgan fingerprint density at radius 3 is 2.38 bits per heavy atom. The molecule has 0 atom stereocenters. The number of benzene rings is 2. The lowest BCUT2D eigenvalue weighted by Gasteiger charge is -2.11. The number of carbonyl (C=O) groups excluding carboxylic acids is 4. The molecule has 0 bridgehead atoms. The van der Waals surface area contributed by atoms with Crippen molar-refractivity contribution < 1.29 is 33.6 Å². The second-order valence-electron chi connectivity index (χ2n) is 8.69. The van der Waals surface area contributed by atoms with Crippen molar-refractivity contribution in [2.75, 3.05) is 12.4 Å². The summed E-state index contributed by atoms with van der Waals surface area (Å²) in [6.07, 6.45) is 3.36. The summed E-state index contributed by atoms with van der Waals surface area (Å²) in [6.45, 7) is 1.54. The number of esters is 2. The first kappa shape index (κ1) is 28.1. The summed E-state index contributed by atoms with van der Waals surface area (Å²) in [4.78, 5) is 61.3. The van der Waals surface area contributed by atoms with Gasteiger partial charge in [-0.25, -0.2) is 15.0 Å². The number of amides is 2. The van der Waals surface area contributed by atoms with Gasteiger partial charge in [0.05, 0.1) is 28.9 Å². The lowest BCUT2D eigenvalue weighted by Crippen LogP contribution is -2.33. The average Bonchev–Trinajstić information content (AvgIpc) is 3.33. The van der Waals surface area contributed by atoms with E-state index < -0.39 is 28.7 Å². The molecule has 2 aromatic carbocycles. The van der Waals surface area contributed by atoms with E-state index in [2.05, 4.69) is 15.8 Å². The number of nitro groups is 1. The number of anilines is 1. The van der Waals surface area contributed by atoms with Gasteiger partial charge in [0.15, 0.2) is 0 Å². The number of nitrogens with one attached hydrogen (secondary N) is 2. The number of fused-ring (bicyclic) bond motifs is 1. The van der Waals surface area contributed by atoms with Gasteiger partial charge in [-0.2, -0.15) is 5.10 Å². The van der Waals surface area contributed by atoms with Crippen LogP contribution in [0, 0.1) is 10.1 Å². The van der Waals surface area contributed by atoms with E-state index in [9.17, 15) is 29.3 Å². The number of methoxy groups -OCH3 is 1. The Hall–Kier alpha value is -4.91. The van der Waals surface area contributed by atoms with Crippen molar-refractivity contribution in [3.8, 4) is 5.75 Å². The van der Waals surface area contributed by atoms with Gasteiger partial charge in [-0.05, 0) is 62.4 Å². The molecule has 2 N–H and O–H groups in total.